The number of hydrogen-bond donors (Lipinski definition) is 4. The number of aromatic hydroxyl groups is 1. The van der Waals surface area contributed by atoms with Crippen molar-refractivity contribution in [2.45, 2.75) is 25.0 Å². The molecule has 2 amide bonds. The standard InChI is InChI=1S/C18H19ClN2O3/c19-12-6-4-11(5-7-12)17(23)10-20-18(24)21-15-9-8-14-13(15)2-1-3-16(14)22/h1-7,15,17,22-23H,8-10H2,(H2,20,21,24). The van der Waals surface area contributed by atoms with E-state index in [1.54, 1.807) is 36.4 Å². The molecule has 2 aromatic carbocycles. The molecule has 2 aromatic rings. The largest absolute Gasteiger partial charge is 0.508 e. The molecule has 2 unspecified atom stereocenters. The number of halogens is 1. The van der Waals surface area contributed by atoms with Crippen LogP contribution in [0.2, 0.25) is 5.02 Å². The summed E-state index contributed by atoms with van der Waals surface area (Å²) in [6.45, 7) is 0.104. The second kappa shape index (κ2) is 7.11. The maximum atomic E-state index is 12.1. The van der Waals surface area contributed by atoms with Gasteiger partial charge < -0.3 is 20.8 Å². The number of aliphatic hydroxyl groups is 1. The molecule has 0 saturated heterocycles. The van der Waals surface area contributed by atoms with Crippen molar-refractivity contribution in [2.75, 3.05) is 6.54 Å². The Morgan fingerprint density at radius 3 is 2.75 bits per heavy atom. The van der Waals surface area contributed by atoms with Crippen LogP contribution >= 0.6 is 11.6 Å². The van der Waals surface area contributed by atoms with Gasteiger partial charge in [0.2, 0.25) is 0 Å². The number of benzene rings is 2. The third-order valence-corrected chi connectivity index (χ3v) is 4.51. The Morgan fingerprint density at radius 1 is 1.25 bits per heavy atom. The van der Waals surface area contributed by atoms with Crippen molar-refractivity contribution in [3.05, 3.63) is 64.2 Å². The molecule has 0 fully saturated rings. The van der Waals surface area contributed by atoms with Gasteiger partial charge in [-0.15, -0.1) is 0 Å². The Labute approximate surface area is 145 Å². The highest BCUT2D eigenvalue weighted by Gasteiger charge is 2.25. The minimum Gasteiger partial charge on any atom is -0.508 e. The van der Waals surface area contributed by atoms with Gasteiger partial charge in [-0.25, -0.2) is 4.79 Å². The summed E-state index contributed by atoms with van der Waals surface area (Å²) in [6, 6.07) is 11.7. The van der Waals surface area contributed by atoms with Gasteiger partial charge in [-0.05, 0) is 47.7 Å². The highest BCUT2D eigenvalue weighted by Crippen LogP contribution is 2.36. The average molecular weight is 347 g/mol. The van der Waals surface area contributed by atoms with Gasteiger partial charge in [-0.1, -0.05) is 35.9 Å². The van der Waals surface area contributed by atoms with Gasteiger partial charge in [0.25, 0.3) is 0 Å². The molecule has 1 aliphatic carbocycles. The number of amides is 2. The van der Waals surface area contributed by atoms with E-state index >= 15 is 0 Å². The first-order chi connectivity index (χ1) is 11.5. The van der Waals surface area contributed by atoms with Gasteiger partial charge in [0.15, 0.2) is 0 Å². The zero-order valence-electron chi connectivity index (χ0n) is 13.0. The normalized spacial score (nSPS) is 17.2. The summed E-state index contributed by atoms with van der Waals surface area (Å²) in [5.74, 6) is 0.273. The molecule has 0 bridgehead atoms. The Morgan fingerprint density at radius 2 is 2.00 bits per heavy atom. The van der Waals surface area contributed by atoms with Gasteiger partial charge in [-0.2, -0.15) is 0 Å². The Kier molecular flexibility index (Phi) is 4.92. The zero-order valence-corrected chi connectivity index (χ0v) is 13.8. The van der Waals surface area contributed by atoms with E-state index < -0.39 is 6.10 Å². The predicted octanol–water partition coefficient (Wildman–Crippen LogP) is 3.07. The number of fused-ring (bicyclic) bond motifs is 1. The number of rotatable bonds is 4. The van der Waals surface area contributed by atoms with E-state index in [0.717, 1.165) is 24.0 Å². The van der Waals surface area contributed by atoms with E-state index in [1.165, 1.54) is 0 Å². The number of phenols is 1. The first-order valence-electron chi connectivity index (χ1n) is 7.83. The maximum Gasteiger partial charge on any atom is 0.315 e. The van der Waals surface area contributed by atoms with Crippen molar-refractivity contribution in [3.63, 3.8) is 0 Å². The summed E-state index contributed by atoms with van der Waals surface area (Å²) in [7, 11) is 0. The van der Waals surface area contributed by atoms with Crippen molar-refractivity contribution < 1.29 is 15.0 Å². The lowest BCUT2D eigenvalue weighted by atomic mass is 10.1. The van der Waals surface area contributed by atoms with Gasteiger partial charge in [0.1, 0.15) is 5.75 Å². The number of aliphatic hydroxyl groups excluding tert-OH is 1. The summed E-state index contributed by atoms with van der Waals surface area (Å²) in [4.78, 5) is 12.1. The summed E-state index contributed by atoms with van der Waals surface area (Å²) in [6.07, 6.45) is 0.688. The van der Waals surface area contributed by atoms with Crippen LogP contribution in [-0.4, -0.2) is 22.8 Å². The molecule has 4 N–H and O–H groups in total. The fourth-order valence-corrected chi connectivity index (χ4v) is 3.11. The van der Waals surface area contributed by atoms with E-state index in [2.05, 4.69) is 10.6 Å². The number of carbonyl (C=O) groups is 1. The SMILES string of the molecule is O=C(NCC(O)c1ccc(Cl)cc1)NC1CCc2c(O)cccc21. The second-order valence-corrected chi connectivity index (χ2v) is 6.29. The average Bonchev–Trinajstić information content (AvgIpc) is 2.98. The van der Waals surface area contributed by atoms with E-state index in [4.69, 9.17) is 11.6 Å². The van der Waals surface area contributed by atoms with Crippen molar-refractivity contribution in [1.82, 2.24) is 10.6 Å². The summed E-state index contributed by atoms with van der Waals surface area (Å²) in [5.41, 5.74) is 2.53. The molecule has 0 spiro atoms. The Bertz CT molecular complexity index is 734. The second-order valence-electron chi connectivity index (χ2n) is 5.86. The number of phenolic OH excluding ortho intramolecular Hbond substituents is 1. The number of urea groups is 1. The lowest BCUT2D eigenvalue weighted by Crippen LogP contribution is -2.39. The van der Waals surface area contributed by atoms with Gasteiger partial charge in [0.05, 0.1) is 12.1 Å². The lowest BCUT2D eigenvalue weighted by Gasteiger charge is -2.17. The van der Waals surface area contributed by atoms with E-state index in [1.807, 2.05) is 6.07 Å². The number of hydrogen-bond acceptors (Lipinski definition) is 3. The quantitative estimate of drug-likeness (QED) is 0.686. The van der Waals surface area contributed by atoms with Crippen LogP contribution in [0.4, 0.5) is 4.79 Å². The molecule has 6 heteroatoms. The van der Waals surface area contributed by atoms with Crippen LogP contribution in [0.5, 0.6) is 5.75 Å². The van der Waals surface area contributed by atoms with Crippen LogP contribution in [0, 0.1) is 0 Å². The third kappa shape index (κ3) is 3.63. The molecule has 0 radical (unpaired) electrons. The van der Waals surface area contributed by atoms with Crippen molar-refractivity contribution in [1.29, 1.82) is 0 Å². The molecular weight excluding hydrogens is 328 g/mol. The highest BCUT2D eigenvalue weighted by atomic mass is 35.5. The lowest BCUT2D eigenvalue weighted by molar-refractivity contribution is 0.172. The van der Waals surface area contributed by atoms with Crippen LogP contribution in [0.3, 0.4) is 0 Å². The van der Waals surface area contributed by atoms with Crippen LogP contribution in [0.15, 0.2) is 42.5 Å². The first kappa shape index (κ1) is 16.6. The molecule has 126 valence electrons. The number of nitrogens with one attached hydrogen (secondary N) is 2. The molecule has 0 saturated carbocycles. The number of carbonyl (C=O) groups excluding carboxylic acids is 1. The zero-order chi connectivity index (χ0) is 17.1. The van der Waals surface area contributed by atoms with E-state index in [9.17, 15) is 15.0 Å². The molecule has 0 aliphatic heterocycles. The highest BCUT2D eigenvalue weighted by molar-refractivity contribution is 6.30. The molecule has 1 aliphatic rings. The fourth-order valence-electron chi connectivity index (χ4n) is 2.99. The van der Waals surface area contributed by atoms with Gasteiger partial charge in [0, 0.05) is 11.6 Å². The van der Waals surface area contributed by atoms with Crippen molar-refractivity contribution >= 4 is 17.6 Å². The monoisotopic (exact) mass is 346 g/mol. The van der Waals surface area contributed by atoms with Crippen LogP contribution in [0.25, 0.3) is 0 Å². The van der Waals surface area contributed by atoms with Crippen molar-refractivity contribution in [3.8, 4) is 5.75 Å². The third-order valence-electron chi connectivity index (χ3n) is 4.26. The molecule has 0 heterocycles. The van der Waals surface area contributed by atoms with Gasteiger partial charge >= 0.3 is 6.03 Å². The van der Waals surface area contributed by atoms with E-state index in [-0.39, 0.29) is 24.4 Å². The molecule has 2 atom stereocenters. The Hall–Kier alpha value is -2.24. The Balaban J connectivity index is 1.54. The minimum absolute atomic E-state index is 0.104. The molecule has 3 rings (SSSR count). The molecule has 5 nitrogen and oxygen atoms in total. The summed E-state index contributed by atoms with van der Waals surface area (Å²) >= 11 is 5.81. The molecular formula is C18H19ClN2O3. The van der Waals surface area contributed by atoms with Crippen molar-refractivity contribution in [2.24, 2.45) is 0 Å². The van der Waals surface area contributed by atoms with Crippen LogP contribution in [0.1, 0.15) is 35.3 Å². The summed E-state index contributed by atoms with van der Waals surface area (Å²) < 4.78 is 0. The summed E-state index contributed by atoms with van der Waals surface area (Å²) in [5, 5.41) is 26.1. The minimum atomic E-state index is -0.798. The molecule has 0 aromatic heterocycles. The smallest absolute Gasteiger partial charge is 0.315 e. The van der Waals surface area contributed by atoms with E-state index in [0.29, 0.717) is 10.6 Å². The molecule has 24 heavy (non-hydrogen) atoms. The fraction of sp³-hybridized carbons (Fsp3) is 0.278. The topological polar surface area (TPSA) is 81.6 Å². The van der Waals surface area contributed by atoms with Gasteiger partial charge in [-0.3, -0.25) is 0 Å². The first-order valence-corrected chi connectivity index (χ1v) is 8.21. The predicted molar refractivity (Wildman–Crippen MR) is 92.1 cm³/mol. The van der Waals surface area contributed by atoms with Crippen LogP contribution < -0.4 is 10.6 Å². The van der Waals surface area contributed by atoms with Crippen LogP contribution in [-0.2, 0) is 6.42 Å². The maximum absolute atomic E-state index is 12.1.